The van der Waals surface area contributed by atoms with E-state index in [0.29, 0.717) is 12.8 Å². The fourth-order valence-corrected chi connectivity index (χ4v) is 3.79. The summed E-state index contributed by atoms with van der Waals surface area (Å²) in [5.74, 6) is 0. The molecule has 2 N–H and O–H groups in total. The molecule has 1 aromatic rings. The third-order valence-electron chi connectivity index (χ3n) is 2.92. The van der Waals surface area contributed by atoms with E-state index in [1.54, 1.807) is 6.92 Å². The number of hydrogen-bond donors (Lipinski definition) is 2. The van der Waals surface area contributed by atoms with E-state index in [1.165, 1.54) is 17.9 Å². The molecule has 0 amide bonds. The summed E-state index contributed by atoms with van der Waals surface area (Å²) < 4.78 is 28.3. The number of hydrogen-bond acceptors (Lipinski definition) is 4. The van der Waals surface area contributed by atoms with E-state index in [1.807, 2.05) is 6.92 Å². The molecule has 0 spiro atoms. The van der Waals surface area contributed by atoms with Crippen LogP contribution in [0.5, 0.6) is 0 Å². The molecule has 18 heavy (non-hydrogen) atoms. The molecule has 0 aliphatic rings. The molecule has 1 rings (SSSR count). The van der Waals surface area contributed by atoms with Crippen LogP contribution in [0.25, 0.3) is 0 Å². The van der Waals surface area contributed by atoms with Crippen LogP contribution in [0.3, 0.4) is 0 Å². The van der Waals surface area contributed by atoms with Crippen molar-refractivity contribution in [2.45, 2.75) is 37.3 Å². The second kappa shape index (κ2) is 5.56. The third kappa shape index (κ3) is 3.23. The molecule has 0 aromatic carbocycles. The van der Waals surface area contributed by atoms with Gasteiger partial charge >= 0.3 is 0 Å². The summed E-state index contributed by atoms with van der Waals surface area (Å²) in [4.78, 5) is 0. The van der Waals surface area contributed by atoms with Crippen LogP contribution in [-0.4, -0.2) is 35.5 Å². The van der Waals surface area contributed by atoms with Gasteiger partial charge in [0.1, 0.15) is 0 Å². The summed E-state index contributed by atoms with van der Waals surface area (Å²) in [6, 6.07) is 0. The van der Waals surface area contributed by atoms with Gasteiger partial charge in [0.15, 0.2) is 5.03 Å². The minimum Gasteiger partial charge on any atom is -0.396 e. The van der Waals surface area contributed by atoms with Gasteiger partial charge in [-0.25, -0.2) is 13.1 Å². The molecule has 1 aromatic heterocycles. The van der Waals surface area contributed by atoms with Crippen LogP contribution in [0.1, 0.15) is 26.7 Å². The zero-order valence-electron chi connectivity index (χ0n) is 10.6. The Hall–Kier alpha value is -0.630. The zero-order chi connectivity index (χ0) is 14.0. The fraction of sp³-hybridized carbons (Fsp3) is 0.700. The van der Waals surface area contributed by atoms with Crippen LogP contribution in [0.15, 0.2) is 11.2 Å². The maximum atomic E-state index is 12.2. The minimum atomic E-state index is -3.76. The zero-order valence-corrected chi connectivity index (χ0v) is 12.2. The SMILES string of the molecule is CCC(C)(CCO)NS(=O)(=O)c1c(Cl)cnn1C. The number of nitrogens with one attached hydrogen (secondary N) is 1. The highest BCUT2D eigenvalue weighted by molar-refractivity contribution is 7.89. The lowest BCUT2D eigenvalue weighted by molar-refractivity contribution is 0.233. The van der Waals surface area contributed by atoms with Crippen LogP contribution < -0.4 is 4.72 Å². The smallest absolute Gasteiger partial charge is 0.259 e. The lowest BCUT2D eigenvalue weighted by Gasteiger charge is -2.28. The highest BCUT2D eigenvalue weighted by Gasteiger charge is 2.31. The molecule has 1 atom stereocenters. The normalized spacial score (nSPS) is 15.6. The highest BCUT2D eigenvalue weighted by Crippen LogP contribution is 2.23. The molecular formula is C10H18ClN3O3S. The Bertz CT molecular complexity index is 495. The summed E-state index contributed by atoms with van der Waals surface area (Å²) in [5, 5.41) is 12.8. The minimum absolute atomic E-state index is 0.0678. The van der Waals surface area contributed by atoms with E-state index in [2.05, 4.69) is 9.82 Å². The Balaban J connectivity index is 3.09. The van der Waals surface area contributed by atoms with Gasteiger partial charge in [0.25, 0.3) is 10.0 Å². The Morgan fingerprint density at radius 3 is 2.61 bits per heavy atom. The first-order valence-electron chi connectivity index (χ1n) is 5.58. The van der Waals surface area contributed by atoms with Crippen LogP contribution in [0, 0.1) is 0 Å². The van der Waals surface area contributed by atoms with E-state index >= 15 is 0 Å². The number of aliphatic hydroxyl groups excluding tert-OH is 1. The maximum Gasteiger partial charge on any atom is 0.259 e. The number of aliphatic hydroxyl groups is 1. The maximum absolute atomic E-state index is 12.2. The molecule has 0 bridgehead atoms. The molecule has 1 unspecified atom stereocenters. The van der Waals surface area contributed by atoms with Crippen molar-refractivity contribution >= 4 is 21.6 Å². The number of sulfonamides is 1. The lowest BCUT2D eigenvalue weighted by atomic mass is 9.97. The molecule has 0 aliphatic heterocycles. The predicted octanol–water partition coefficient (Wildman–Crippen LogP) is 0.903. The van der Waals surface area contributed by atoms with Crippen molar-refractivity contribution in [3.05, 3.63) is 11.2 Å². The second-order valence-corrected chi connectivity index (χ2v) is 6.42. The van der Waals surface area contributed by atoms with Gasteiger partial charge in [0, 0.05) is 19.2 Å². The van der Waals surface area contributed by atoms with Crippen LogP contribution in [-0.2, 0) is 17.1 Å². The monoisotopic (exact) mass is 295 g/mol. The van der Waals surface area contributed by atoms with Gasteiger partial charge in [-0.15, -0.1) is 0 Å². The third-order valence-corrected chi connectivity index (χ3v) is 5.07. The predicted molar refractivity (Wildman–Crippen MR) is 68.9 cm³/mol. The number of aromatic nitrogens is 2. The Morgan fingerprint density at radius 1 is 1.61 bits per heavy atom. The lowest BCUT2D eigenvalue weighted by Crippen LogP contribution is -2.46. The Morgan fingerprint density at radius 2 is 2.22 bits per heavy atom. The molecule has 8 heteroatoms. The van der Waals surface area contributed by atoms with Gasteiger partial charge in [0.2, 0.25) is 0 Å². The van der Waals surface area contributed by atoms with Crippen molar-refractivity contribution in [2.24, 2.45) is 7.05 Å². The number of aryl methyl sites for hydroxylation is 1. The average molecular weight is 296 g/mol. The van der Waals surface area contributed by atoms with E-state index in [0.717, 1.165) is 0 Å². The molecule has 0 saturated carbocycles. The van der Waals surface area contributed by atoms with Crippen LogP contribution in [0.2, 0.25) is 5.02 Å². The van der Waals surface area contributed by atoms with Crippen molar-refractivity contribution in [3.8, 4) is 0 Å². The van der Waals surface area contributed by atoms with E-state index in [-0.39, 0.29) is 16.7 Å². The number of nitrogens with zero attached hydrogens (tertiary/aromatic N) is 2. The quantitative estimate of drug-likeness (QED) is 0.817. The first-order valence-corrected chi connectivity index (χ1v) is 7.44. The van der Waals surface area contributed by atoms with Crippen molar-refractivity contribution in [1.82, 2.24) is 14.5 Å². The summed E-state index contributed by atoms with van der Waals surface area (Å²) in [6.07, 6.45) is 2.17. The van der Waals surface area contributed by atoms with Crippen LogP contribution >= 0.6 is 11.6 Å². The second-order valence-electron chi connectivity index (χ2n) is 4.41. The first kappa shape index (κ1) is 15.4. The van der Waals surface area contributed by atoms with Gasteiger partial charge in [-0.2, -0.15) is 5.10 Å². The van der Waals surface area contributed by atoms with Crippen molar-refractivity contribution in [1.29, 1.82) is 0 Å². The van der Waals surface area contributed by atoms with E-state index in [4.69, 9.17) is 16.7 Å². The molecule has 104 valence electrons. The van der Waals surface area contributed by atoms with Gasteiger partial charge < -0.3 is 5.11 Å². The van der Waals surface area contributed by atoms with E-state index in [9.17, 15) is 8.42 Å². The van der Waals surface area contributed by atoms with Gasteiger partial charge in [-0.1, -0.05) is 18.5 Å². The van der Waals surface area contributed by atoms with Gasteiger partial charge in [0.05, 0.1) is 11.2 Å². The number of rotatable bonds is 6. The van der Waals surface area contributed by atoms with Crippen molar-refractivity contribution in [3.63, 3.8) is 0 Å². The summed E-state index contributed by atoms with van der Waals surface area (Å²) in [7, 11) is -2.25. The molecule has 0 saturated heterocycles. The molecule has 0 aliphatic carbocycles. The number of halogens is 1. The Labute approximate surface area is 112 Å². The summed E-state index contributed by atoms with van der Waals surface area (Å²) in [6.45, 7) is 3.50. The summed E-state index contributed by atoms with van der Waals surface area (Å²) in [5.41, 5.74) is -0.707. The fourth-order valence-electron chi connectivity index (χ4n) is 1.62. The van der Waals surface area contributed by atoms with Crippen molar-refractivity contribution in [2.75, 3.05) is 6.61 Å². The molecular weight excluding hydrogens is 278 g/mol. The molecule has 0 radical (unpaired) electrons. The molecule has 0 fully saturated rings. The topological polar surface area (TPSA) is 84.2 Å². The largest absolute Gasteiger partial charge is 0.396 e. The van der Waals surface area contributed by atoms with Crippen LogP contribution in [0.4, 0.5) is 0 Å². The Kier molecular flexibility index (Phi) is 4.77. The molecule has 1 heterocycles. The summed E-state index contributed by atoms with van der Waals surface area (Å²) >= 11 is 5.83. The van der Waals surface area contributed by atoms with Gasteiger partial charge in [-0.05, 0) is 19.8 Å². The first-order chi connectivity index (χ1) is 8.25. The van der Waals surface area contributed by atoms with Crippen molar-refractivity contribution < 1.29 is 13.5 Å². The molecule has 6 nitrogen and oxygen atoms in total. The average Bonchev–Trinajstić information content (AvgIpc) is 2.58. The van der Waals surface area contributed by atoms with E-state index < -0.39 is 15.6 Å². The highest BCUT2D eigenvalue weighted by atomic mass is 35.5. The van der Waals surface area contributed by atoms with Gasteiger partial charge in [-0.3, -0.25) is 4.68 Å². The standard InChI is InChI=1S/C10H18ClN3O3S/c1-4-10(2,5-6-15)13-18(16,17)9-8(11)7-12-14(9)3/h7,13,15H,4-6H2,1-3H3.